The molecule has 0 saturated heterocycles. The van der Waals surface area contributed by atoms with Gasteiger partial charge in [-0.1, -0.05) is 25.5 Å². The molecule has 0 saturated carbocycles. The van der Waals surface area contributed by atoms with Crippen molar-refractivity contribution in [3.05, 3.63) is 52.3 Å². The van der Waals surface area contributed by atoms with Gasteiger partial charge in [0.15, 0.2) is 5.75 Å². The van der Waals surface area contributed by atoms with Crippen LogP contribution >= 0.6 is 15.9 Å². The topological polar surface area (TPSA) is 35.2 Å². The van der Waals surface area contributed by atoms with Crippen LogP contribution in [0.3, 0.4) is 0 Å². The van der Waals surface area contributed by atoms with Crippen LogP contribution in [-0.2, 0) is 6.42 Å². The molecule has 100 valence electrons. The maximum absolute atomic E-state index is 13.4. The summed E-state index contributed by atoms with van der Waals surface area (Å²) in [6.07, 6.45) is 2.14. The highest BCUT2D eigenvalue weighted by atomic mass is 79.9. The van der Waals surface area contributed by atoms with Gasteiger partial charge >= 0.3 is 0 Å². The zero-order chi connectivity index (χ0) is 13.8. The quantitative estimate of drug-likeness (QED) is 0.811. The summed E-state index contributed by atoms with van der Waals surface area (Å²) in [6.45, 7) is 2.13. The first-order valence-electron chi connectivity index (χ1n) is 6.11. The van der Waals surface area contributed by atoms with E-state index in [0.717, 1.165) is 12.8 Å². The van der Waals surface area contributed by atoms with Crippen molar-refractivity contribution in [2.45, 2.75) is 19.8 Å². The molecule has 4 heteroatoms. The third-order valence-electron chi connectivity index (χ3n) is 2.74. The molecule has 19 heavy (non-hydrogen) atoms. The molecule has 2 aromatic rings. The predicted molar refractivity (Wildman–Crippen MR) is 79.0 cm³/mol. The van der Waals surface area contributed by atoms with Crippen LogP contribution in [0.5, 0.6) is 11.5 Å². The monoisotopic (exact) mass is 323 g/mol. The van der Waals surface area contributed by atoms with Crippen molar-refractivity contribution in [3.63, 3.8) is 0 Å². The summed E-state index contributed by atoms with van der Waals surface area (Å²) in [4.78, 5) is 0. The summed E-state index contributed by atoms with van der Waals surface area (Å²) in [5.41, 5.74) is 7.44. The number of anilines is 1. The average Bonchev–Trinajstić information content (AvgIpc) is 2.38. The van der Waals surface area contributed by atoms with Crippen LogP contribution in [0.4, 0.5) is 10.1 Å². The van der Waals surface area contributed by atoms with Gasteiger partial charge in [-0.25, -0.2) is 4.39 Å². The Morgan fingerprint density at radius 1 is 1.21 bits per heavy atom. The summed E-state index contributed by atoms with van der Waals surface area (Å²) >= 11 is 3.08. The Labute approximate surface area is 120 Å². The summed E-state index contributed by atoms with van der Waals surface area (Å²) in [7, 11) is 0. The second-order valence-corrected chi connectivity index (χ2v) is 5.15. The van der Waals surface area contributed by atoms with Crippen LogP contribution in [0.25, 0.3) is 0 Å². The summed E-state index contributed by atoms with van der Waals surface area (Å²) in [6, 6.07) is 10.5. The lowest BCUT2D eigenvalue weighted by atomic mass is 10.1. The van der Waals surface area contributed by atoms with Crippen molar-refractivity contribution >= 4 is 21.6 Å². The lowest BCUT2D eigenvalue weighted by Gasteiger charge is -2.10. The zero-order valence-electron chi connectivity index (χ0n) is 10.6. The van der Waals surface area contributed by atoms with Gasteiger partial charge in [0.2, 0.25) is 0 Å². The Hall–Kier alpha value is -1.55. The number of benzene rings is 2. The number of ether oxygens (including phenoxy) is 1. The van der Waals surface area contributed by atoms with E-state index < -0.39 is 5.82 Å². The number of hydrogen-bond acceptors (Lipinski definition) is 2. The molecular formula is C15H15BrFNO. The van der Waals surface area contributed by atoms with Gasteiger partial charge in [-0.15, -0.1) is 0 Å². The van der Waals surface area contributed by atoms with E-state index in [1.54, 1.807) is 0 Å². The number of nitrogen functional groups attached to an aromatic ring is 1. The summed E-state index contributed by atoms with van der Waals surface area (Å²) < 4.78 is 19.4. The Kier molecular flexibility index (Phi) is 4.43. The third-order valence-corrected chi connectivity index (χ3v) is 3.35. The highest BCUT2D eigenvalue weighted by molar-refractivity contribution is 9.10. The normalized spacial score (nSPS) is 10.5. The van der Waals surface area contributed by atoms with Gasteiger partial charge in [0.05, 0.1) is 10.2 Å². The fourth-order valence-electron chi connectivity index (χ4n) is 1.77. The fourth-order valence-corrected chi connectivity index (χ4v) is 2.13. The first-order valence-corrected chi connectivity index (χ1v) is 6.90. The third kappa shape index (κ3) is 3.47. The molecule has 0 fully saturated rings. The van der Waals surface area contributed by atoms with E-state index in [0.29, 0.717) is 21.7 Å². The molecule has 2 aromatic carbocycles. The van der Waals surface area contributed by atoms with Crippen molar-refractivity contribution in [3.8, 4) is 11.5 Å². The summed E-state index contributed by atoms with van der Waals surface area (Å²) in [5.74, 6) is 0.573. The second-order valence-electron chi connectivity index (χ2n) is 4.30. The van der Waals surface area contributed by atoms with Crippen molar-refractivity contribution in [2.24, 2.45) is 0 Å². The largest absolute Gasteiger partial charge is 0.455 e. The van der Waals surface area contributed by atoms with Crippen molar-refractivity contribution in [1.29, 1.82) is 0 Å². The predicted octanol–water partition coefficient (Wildman–Crippen LogP) is 4.92. The summed E-state index contributed by atoms with van der Waals surface area (Å²) in [5, 5.41) is 0. The van der Waals surface area contributed by atoms with E-state index in [2.05, 4.69) is 22.9 Å². The first-order chi connectivity index (χ1) is 9.10. The Balaban J connectivity index is 2.19. The average molecular weight is 324 g/mol. The molecule has 0 aliphatic heterocycles. The van der Waals surface area contributed by atoms with E-state index in [-0.39, 0.29) is 0 Å². The molecule has 0 bridgehead atoms. The smallest absolute Gasteiger partial charge is 0.153 e. The van der Waals surface area contributed by atoms with Gasteiger partial charge in [0.1, 0.15) is 11.6 Å². The molecule has 0 atom stereocenters. The van der Waals surface area contributed by atoms with E-state index in [1.807, 2.05) is 24.3 Å². The van der Waals surface area contributed by atoms with Gasteiger partial charge < -0.3 is 10.5 Å². The molecule has 0 aliphatic carbocycles. The van der Waals surface area contributed by atoms with E-state index in [1.165, 1.54) is 17.7 Å². The maximum atomic E-state index is 13.4. The van der Waals surface area contributed by atoms with Gasteiger partial charge in [-0.3, -0.25) is 0 Å². The van der Waals surface area contributed by atoms with Crippen LogP contribution in [-0.4, -0.2) is 0 Å². The van der Waals surface area contributed by atoms with Gasteiger partial charge in [0, 0.05) is 6.07 Å². The highest BCUT2D eigenvalue weighted by Crippen LogP contribution is 2.32. The minimum absolute atomic E-state index is 0.323. The number of hydrogen-bond donors (Lipinski definition) is 1. The lowest BCUT2D eigenvalue weighted by molar-refractivity contribution is 0.478. The van der Waals surface area contributed by atoms with Crippen LogP contribution in [0, 0.1) is 5.82 Å². The standard InChI is InChI=1S/C15H15BrFNO/c1-2-3-10-4-6-11(7-5-10)19-15-9-13(17)12(16)8-14(15)18/h4-9H,2-3,18H2,1H3. The number of nitrogens with two attached hydrogens (primary N) is 1. The minimum atomic E-state index is -0.396. The molecule has 0 radical (unpaired) electrons. The number of aryl methyl sites for hydroxylation is 1. The number of halogens is 2. The van der Waals surface area contributed by atoms with Gasteiger partial charge in [-0.2, -0.15) is 0 Å². The molecule has 2 nitrogen and oxygen atoms in total. The molecule has 0 aromatic heterocycles. The molecule has 0 aliphatic rings. The number of rotatable bonds is 4. The van der Waals surface area contributed by atoms with Crippen LogP contribution in [0.1, 0.15) is 18.9 Å². The Morgan fingerprint density at radius 2 is 1.89 bits per heavy atom. The van der Waals surface area contributed by atoms with Crippen LogP contribution in [0.15, 0.2) is 40.9 Å². The molecular weight excluding hydrogens is 309 g/mol. The molecule has 0 spiro atoms. The second kappa shape index (κ2) is 6.06. The van der Waals surface area contributed by atoms with Gasteiger partial charge in [-0.05, 0) is 46.1 Å². The first kappa shape index (κ1) is 13.9. The Bertz CT molecular complexity index is 569. The lowest BCUT2D eigenvalue weighted by Crippen LogP contribution is -1.94. The zero-order valence-corrected chi connectivity index (χ0v) is 12.2. The fraction of sp³-hybridized carbons (Fsp3) is 0.200. The van der Waals surface area contributed by atoms with Crippen molar-refractivity contribution in [2.75, 3.05) is 5.73 Å². The van der Waals surface area contributed by atoms with Crippen LogP contribution in [0.2, 0.25) is 0 Å². The molecule has 2 rings (SSSR count). The van der Waals surface area contributed by atoms with Crippen LogP contribution < -0.4 is 10.5 Å². The molecule has 0 unspecified atom stereocenters. The van der Waals surface area contributed by atoms with Crippen molar-refractivity contribution in [1.82, 2.24) is 0 Å². The van der Waals surface area contributed by atoms with E-state index in [4.69, 9.17) is 10.5 Å². The molecule has 0 amide bonds. The maximum Gasteiger partial charge on any atom is 0.153 e. The molecule has 0 heterocycles. The minimum Gasteiger partial charge on any atom is -0.455 e. The highest BCUT2D eigenvalue weighted by Gasteiger charge is 2.08. The van der Waals surface area contributed by atoms with E-state index >= 15 is 0 Å². The molecule has 2 N–H and O–H groups in total. The van der Waals surface area contributed by atoms with Gasteiger partial charge in [0.25, 0.3) is 0 Å². The van der Waals surface area contributed by atoms with E-state index in [9.17, 15) is 4.39 Å². The SMILES string of the molecule is CCCc1ccc(Oc2cc(F)c(Br)cc2N)cc1. The van der Waals surface area contributed by atoms with Crippen molar-refractivity contribution < 1.29 is 9.13 Å². The Morgan fingerprint density at radius 3 is 2.53 bits per heavy atom.